The van der Waals surface area contributed by atoms with Crippen molar-refractivity contribution in [1.29, 1.82) is 0 Å². The Kier molecular flexibility index (Phi) is 3.83. The molecule has 2 aromatic carbocycles. The largest absolute Gasteiger partial charge is 0.338 e. The number of carbonyl (C=O) groups is 1. The van der Waals surface area contributed by atoms with Crippen LogP contribution in [0.5, 0.6) is 0 Å². The maximum Gasteiger partial charge on any atom is 0.227 e. The molecule has 0 saturated carbocycles. The third-order valence-corrected chi connectivity index (χ3v) is 5.78. The van der Waals surface area contributed by atoms with Gasteiger partial charge in [-0.1, -0.05) is 54.1 Å². The van der Waals surface area contributed by atoms with Crippen molar-refractivity contribution in [1.82, 2.24) is 4.90 Å². The molecule has 0 fully saturated rings. The van der Waals surface area contributed by atoms with Crippen molar-refractivity contribution in [3.63, 3.8) is 0 Å². The number of hydrogen-bond acceptors (Lipinski definition) is 2. The number of hydrogen-bond donors (Lipinski definition) is 0. The molecule has 0 aliphatic carbocycles. The molecule has 3 aromatic rings. The fourth-order valence-corrected chi connectivity index (χ4v) is 4.53. The van der Waals surface area contributed by atoms with Crippen molar-refractivity contribution in [3.8, 4) is 0 Å². The molecular formula is C19H16ClNOS. The highest BCUT2D eigenvalue weighted by molar-refractivity contribution is 7.16. The number of rotatable bonds is 2. The lowest BCUT2D eigenvalue weighted by Gasteiger charge is -2.27. The van der Waals surface area contributed by atoms with E-state index in [1.807, 2.05) is 29.2 Å². The van der Waals surface area contributed by atoms with Gasteiger partial charge in [0, 0.05) is 18.0 Å². The van der Waals surface area contributed by atoms with Crippen LogP contribution in [0.25, 0.3) is 10.8 Å². The number of thiophene rings is 1. The van der Waals surface area contributed by atoms with Crippen molar-refractivity contribution < 1.29 is 4.79 Å². The Bertz CT molecular complexity index is 881. The first-order valence-electron chi connectivity index (χ1n) is 7.72. The summed E-state index contributed by atoms with van der Waals surface area (Å²) in [6, 6.07) is 16.4. The van der Waals surface area contributed by atoms with E-state index >= 15 is 0 Å². The van der Waals surface area contributed by atoms with Gasteiger partial charge in [-0.3, -0.25) is 4.79 Å². The van der Waals surface area contributed by atoms with Crippen molar-refractivity contribution in [2.24, 2.45) is 0 Å². The fraction of sp³-hybridized carbons (Fsp3) is 0.211. The van der Waals surface area contributed by atoms with Crippen LogP contribution in [-0.2, 0) is 24.2 Å². The predicted molar refractivity (Wildman–Crippen MR) is 96.1 cm³/mol. The summed E-state index contributed by atoms with van der Waals surface area (Å²) in [5.74, 6) is 0.189. The molecule has 2 nitrogen and oxygen atoms in total. The summed E-state index contributed by atoms with van der Waals surface area (Å²) >= 11 is 7.73. The summed E-state index contributed by atoms with van der Waals surface area (Å²) in [4.78, 5) is 16.0. The van der Waals surface area contributed by atoms with Crippen molar-refractivity contribution in [2.75, 3.05) is 6.54 Å². The van der Waals surface area contributed by atoms with Gasteiger partial charge in [0.05, 0.1) is 10.8 Å². The van der Waals surface area contributed by atoms with E-state index in [4.69, 9.17) is 11.6 Å². The molecule has 4 heteroatoms. The van der Waals surface area contributed by atoms with Crippen LogP contribution in [0.1, 0.15) is 16.0 Å². The van der Waals surface area contributed by atoms with Gasteiger partial charge < -0.3 is 4.90 Å². The van der Waals surface area contributed by atoms with Crippen LogP contribution >= 0.6 is 22.9 Å². The Hall–Kier alpha value is -1.84. The summed E-state index contributed by atoms with van der Waals surface area (Å²) in [6.07, 6.45) is 1.36. The highest BCUT2D eigenvalue weighted by Crippen LogP contribution is 2.31. The van der Waals surface area contributed by atoms with Crippen LogP contribution < -0.4 is 0 Å². The number of nitrogens with zero attached hydrogens (tertiary/aromatic N) is 1. The first kappa shape index (κ1) is 14.7. The lowest BCUT2D eigenvalue weighted by molar-refractivity contribution is -0.131. The second kappa shape index (κ2) is 5.99. The molecule has 116 valence electrons. The van der Waals surface area contributed by atoms with E-state index in [9.17, 15) is 4.79 Å². The molecule has 0 atom stereocenters. The smallest absolute Gasteiger partial charge is 0.227 e. The molecule has 0 unspecified atom stereocenters. The third-order valence-electron chi connectivity index (χ3n) is 4.41. The molecule has 4 rings (SSSR count). The van der Waals surface area contributed by atoms with Gasteiger partial charge in [0.25, 0.3) is 0 Å². The monoisotopic (exact) mass is 341 g/mol. The van der Waals surface area contributed by atoms with Crippen LogP contribution in [0.3, 0.4) is 0 Å². The van der Waals surface area contributed by atoms with E-state index in [0.29, 0.717) is 13.0 Å². The average Bonchev–Trinajstić information content (AvgIpc) is 2.94. The molecule has 1 aromatic heterocycles. The molecule has 0 spiro atoms. The van der Waals surface area contributed by atoms with E-state index in [-0.39, 0.29) is 5.91 Å². The van der Waals surface area contributed by atoms with Crippen molar-refractivity contribution >= 4 is 39.6 Å². The summed E-state index contributed by atoms with van der Waals surface area (Å²) in [7, 11) is 0. The van der Waals surface area contributed by atoms with Crippen molar-refractivity contribution in [3.05, 3.63) is 68.9 Å². The zero-order valence-electron chi connectivity index (χ0n) is 12.6. The Morgan fingerprint density at radius 2 is 2.00 bits per heavy atom. The Labute approximate surface area is 144 Å². The molecule has 23 heavy (non-hydrogen) atoms. The van der Waals surface area contributed by atoms with E-state index in [2.05, 4.69) is 24.3 Å². The first-order chi connectivity index (χ1) is 11.2. The zero-order valence-corrected chi connectivity index (χ0v) is 14.2. The van der Waals surface area contributed by atoms with Crippen LogP contribution in [-0.4, -0.2) is 17.4 Å². The summed E-state index contributed by atoms with van der Waals surface area (Å²) in [5.41, 5.74) is 2.31. The SMILES string of the molecule is O=C(Cc1cccc2ccccc12)N1CCc2sc(Cl)cc2C1. The molecule has 2 heterocycles. The molecule has 0 N–H and O–H groups in total. The van der Waals surface area contributed by atoms with Gasteiger partial charge in [-0.05, 0) is 34.4 Å². The quantitative estimate of drug-likeness (QED) is 0.662. The van der Waals surface area contributed by atoms with Gasteiger partial charge in [-0.25, -0.2) is 0 Å². The van der Waals surface area contributed by atoms with Gasteiger partial charge in [-0.15, -0.1) is 11.3 Å². The van der Waals surface area contributed by atoms with Gasteiger partial charge in [0.15, 0.2) is 0 Å². The average molecular weight is 342 g/mol. The lowest BCUT2D eigenvalue weighted by atomic mass is 10.0. The Morgan fingerprint density at radius 1 is 1.17 bits per heavy atom. The molecule has 0 radical (unpaired) electrons. The number of halogens is 1. The summed E-state index contributed by atoms with van der Waals surface area (Å²) < 4.78 is 0.818. The molecule has 1 aliphatic rings. The van der Waals surface area contributed by atoms with Crippen LogP contribution in [0.4, 0.5) is 0 Å². The summed E-state index contributed by atoms with van der Waals surface area (Å²) in [5, 5.41) is 2.35. The minimum atomic E-state index is 0.189. The van der Waals surface area contributed by atoms with Gasteiger partial charge in [-0.2, -0.15) is 0 Å². The Morgan fingerprint density at radius 3 is 2.91 bits per heavy atom. The molecule has 0 saturated heterocycles. The van der Waals surface area contributed by atoms with Crippen LogP contribution in [0.2, 0.25) is 4.34 Å². The predicted octanol–water partition coefficient (Wildman–Crippen LogP) is 4.68. The highest BCUT2D eigenvalue weighted by atomic mass is 35.5. The molecular weight excluding hydrogens is 326 g/mol. The number of benzene rings is 2. The normalized spacial score (nSPS) is 14.0. The first-order valence-corrected chi connectivity index (χ1v) is 8.91. The molecule has 1 aliphatic heterocycles. The van der Waals surface area contributed by atoms with Gasteiger partial charge in [0.2, 0.25) is 5.91 Å². The standard InChI is InChI=1S/C19H16ClNOS/c20-18-10-15-12-21(9-8-17(15)23-18)19(22)11-14-6-3-5-13-4-1-2-7-16(13)14/h1-7,10H,8-9,11-12H2. The number of carbonyl (C=O) groups excluding carboxylic acids is 1. The van der Waals surface area contributed by atoms with Crippen LogP contribution in [0.15, 0.2) is 48.5 Å². The van der Waals surface area contributed by atoms with E-state index < -0.39 is 0 Å². The van der Waals surface area contributed by atoms with Crippen molar-refractivity contribution in [2.45, 2.75) is 19.4 Å². The number of fused-ring (bicyclic) bond motifs is 2. The van der Waals surface area contributed by atoms with E-state index in [0.717, 1.165) is 22.9 Å². The lowest BCUT2D eigenvalue weighted by Crippen LogP contribution is -2.36. The second-order valence-electron chi connectivity index (χ2n) is 5.88. The Balaban J connectivity index is 1.56. The van der Waals surface area contributed by atoms with Gasteiger partial charge >= 0.3 is 0 Å². The van der Waals surface area contributed by atoms with E-state index in [1.54, 1.807) is 11.3 Å². The zero-order chi connectivity index (χ0) is 15.8. The van der Waals surface area contributed by atoms with E-state index in [1.165, 1.54) is 21.2 Å². The molecule has 1 amide bonds. The molecule has 0 bridgehead atoms. The van der Waals surface area contributed by atoms with Gasteiger partial charge in [0.1, 0.15) is 0 Å². The maximum atomic E-state index is 12.7. The number of amides is 1. The third kappa shape index (κ3) is 2.87. The minimum absolute atomic E-state index is 0.189. The summed E-state index contributed by atoms with van der Waals surface area (Å²) in [6.45, 7) is 1.47. The van der Waals surface area contributed by atoms with Crippen LogP contribution in [0, 0.1) is 0 Å². The topological polar surface area (TPSA) is 20.3 Å². The maximum absolute atomic E-state index is 12.7. The minimum Gasteiger partial charge on any atom is -0.338 e. The highest BCUT2D eigenvalue weighted by Gasteiger charge is 2.23. The second-order valence-corrected chi connectivity index (χ2v) is 7.65. The fourth-order valence-electron chi connectivity index (χ4n) is 3.23.